The highest BCUT2D eigenvalue weighted by Gasteiger charge is 2.38. The van der Waals surface area contributed by atoms with Crippen molar-refractivity contribution in [2.24, 2.45) is 5.92 Å². The average molecular weight is 634 g/mol. The summed E-state index contributed by atoms with van der Waals surface area (Å²) in [6.45, 7) is 4.62. The Balaban J connectivity index is 1.17. The second-order valence-corrected chi connectivity index (χ2v) is 12.0. The standard InChI is InChI=1S/C33H40FN7O5/c1-20(42)31(43)40-14-10-29(26(34)17-40)46-28-5-3-22(15-23(28)16-35)27-9-13-37-33(38-27)39-30-6-4-25(21-7-11-36-12-8-21)32(44-2)41(30)24-18-45-19-24/h3-6,9,13,15,20-21,24,26,29-30,36,42H,7-8,10-12,14,17-19H2,1-2H3,(H,37,38,39)/t20?,26-,29-,30?/m0/s1. The molecule has 6 rings (SSSR count). The van der Waals surface area contributed by atoms with Crippen LogP contribution in [-0.2, 0) is 14.3 Å². The molecule has 2 unspecified atom stereocenters. The number of benzene rings is 1. The van der Waals surface area contributed by atoms with Crippen LogP contribution in [0.2, 0.25) is 0 Å². The minimum Gasteiger partial charge on any atom is -0.486 e. The van der Waals surface area contributed by atoms with Gasteiger partial charge in [-0.2, -0.15) is 5.26 Å². The molecular weight excluding hydrogens is 593 g/mol. The monoisotopic (exact) mass is 633 g/mol. The van der Waals surface area contributed by atoms with Gasteiger partial charge in [0.2, 0.25) is 5.95 Å². The van der Waals surface area contributed by atoms with Gasteiger partial charge in [-0.3, -0.25) is 4.79 Å². The third-order valence-corrected chi connectivity index (χ3v) is 8.98. The Labute approximate surface area is 267 Å². The van der Waals surface area contributed by atoms with Crippen LogP contribution in [0.25, 0.3) is 11.3 Å². The Morgan fingerprint density at radius 2 is 2.07 bits per heavy atom. The summed E-state index contributed by atoms with van der Waals surface area (Å²) in [5.74, 6) is 1.43. The zero-order valence-corrected chi connectivity index (χ0v) is 26.1. The molecule has 12 nitrogen and oxygen atoms in total. The van der Waals surface area contributed by atoms with E-state index in [1.807, 2.05) is 0 Å². The Kier molecular flexibility index (Phi) is 9.67. The van der Waals surface area contributed by atoms with Gasteiger partial charge in [0.25, 0.3) is 5.91 Å². The van der Waals surface area contributed by atoms with Crippen molar-refractivity contribution in [2.45, 2.75) is 56.8 Å². The van der Waals surface area contributed by atoms with E-state index in [4.69, 9.17) is 19.2 Å². The number of methoxy groups -OCH3 is 1. The summed E-state index contributed by atoms with van der Waals surface area (Å²) in [4.78, 5) is 24.8. The topological polar surface area (TPSA) is 145 Å². The van der Waals surface area contributed by atoms with E-state index >= 15 is 0 Å². The number of nitriles is 1. The first-order chi connectivity index (χ1) is 22.4. The molecule has 244 valence electrons. The van der Waals surface area contributed by atoms with Gasteiger partial charge in [-0.25, -0.2) is 14.4 Å². The van der Waals surface area contributed by atoms with Gasteiger partial charge in [0.15, 0.2) is 12.1 Å². The second-order valence-electron chi connectivity index (χ2n) is 12.0. The van der Waals surface area contributed by atoms with Crippen LogP contribution in [-0.4, -0.2) is 108 Å². The van der Waals surface area contributed by atoms with Crippen LogP contribution in [0, 0.1) is 17.2 Å². The fraction of sp³-hybridized carbons (Fsp3) is 0.515. The largest absolute Gasteiger partial charge is 0.486 e. The Bertz CT molecular complexity index is 1520. The number of rotatable bonds is 9. The number of allylic oxidation sites excluding steroid dienone is 2. The maximum Gasteiger partial charge on any atom is 0.251 e. The predicted octanol–water partition coefficient (Wildman–Crippen LogP) is 2.58. The zero-order chi connectivity index (χ0) is 32.2. The first-order valence-corrected chi connectivity index (χ1v) is 15.8. The number of likely N-dealkylation sites (tertiary alicyclic amines) is 1. The van der Waals surface area contributed by atoms with Crippen LogP contribution in [0.15, 0.2) is 54.1 Å². The fourth-order valence-electron chi connectivity index (χ4n) is 6.44. The van der Waals surface area contributed by atoms with Crippen LogP contribution in [0.1, 0.15) is 31.7 Å². The maximum absolute atomic E-state index is 15.0. The fourth-order valence-corrected chi connectivity index (χ4v) is 6.44. The number of nitrogens with one attached hydrogen (secondary N) is 2. The van der Waals surface area contributed by atoms with Crippen LogP contribution in [0.5, 0.6) is 5.75 Å². The molecule has 4 aliphatic heterocycles. The molecule has 1 aromatic heterocycles. The molecule has 13 heteroatoms. The van der Waals surface area contributed by atoms with Crippen molar-refractivity contribution in [1.29, 1.82) is 5.26 Å². The molecule has 2 aromatic rings. The smallest absolute Gasteiger partial charge is 0.251 e. The van der Waals surface area contributed by atoms with Crippen LogP contribution in [0.4, 0.5) is 10.3 Å². The molecule has 46 heavy (non-hydrogen) atoms. The Morgan fingerprint density at radius 1 is 1.26 bits per heavy atom. The van der Waals surface area contributed by atoms with Crippen molar-refractivity contribution in [3.63, 3.8) is 0 Å². The summed E-state index contributed by atoms with van der Waals surface area (Å²) in [6.07, 6.45) is 4.56. The zero-order valence-electron chi connectivity index (χ0n) is 26.1. The minimum absolute atomic E-state index is 0.151. The number of hydrogen-bond acceptors (Lipinski definition) is 11. The van der Waals surface area contributed by atoms with Crippen molar-refractivity contribution in [2.75, 3.05) is 51.8 Å². The SMILES string of the molecule is COC1=C(C2CCNCC2)C=CC(Nc2nccc(-c3ccc(O[C@H]4CCN(C(=O)C(C)O)C[C@@H]4F)c(C#N)c3)n2)N1C1COC1. The summed E-state index contributed by atoms with van der Waals surface area (Å²) >= 11 is 0. The van der Waals surface area contributed by atoms with Crippen molar-refractivity contribution < 1.29 is 28.5 Å². The van der Waals surface area contributed by atoms with E-state index in [0.717, 1.165) is 31.8 Å². The third kappa shape index (κ3) is 6.65. The van der Waals surface area contributed by atoms with Crippen molar-refractivity contribution in [1.82, 2.24) is 25.1 Å². The van der Waals surface area contributed by atoms with Gasteiger partial charge in [-0.1, -0.05) is 6.08 Å². The molecule has 4 atom stereocenters. The Hall–Kier alpha value is -4.25. The van der Waals surface area contributed by atoms with E-state index in [1.165, 1.54) is 17.4 Å². The summed E-state index contributed by atoms with van der Waals surface area (Å²) in [5, 5.41) is 26.4. The highest BCUT2D eigenvalue weighted by Crippen LogP contribution is 2.35. The highest BCUT2D eigenvalue weighted by atomic mass is 19.1. The molecule has 3 N–H and O–H groups in total. The quantitative estimate of drug-likeness (QED) is 0.375. The minimum atomic E-state index is -1.46. The number of aliphatic hydroxyl groups is 1. The number of aliphatic hydroxyl groups excluding tert-OH is 1. The number of aromatic nitrogens is 2. The number of nitrogens with zero attached hydrogens (tertiary/aromatic N) is 5. The normalized spacial score (nSPS) is 24.6. The highest BCUT2D eigenvalue weighted by molar-refractivity contribution is 5.80. The summed E-state index contributed by atoms with van der Waals surface area (Å²) in [6, 6.07) is 9.14. The number of halogens is 1. The van der Waals surface area contributed by atoms with Gasteiger partial charge in [0, 0.05) is 30.3 Å². The second kappa shape index (κ2) is 14.0. The number of amides is 1. The van der Waals surface area contributed by atoms with E-state index in [9.17, 15) is 19.6 Å². The molecule has 4 aliphatic rings. The van der Waals surface area contributed by atoms with Crippen LogP contribution < -0.4 is 15.4 Å². The van der Waals surface area contributed by atoms with Gasteiger partial charge >= 0.3 is 0 Å². The van der Waals surface area contributed by atoms with Gasteiger partial charge in [-0.15, -0.1) is 0 Å². The van der Waals surface area contributed by atoms with Gasteiger partial charge in [0.05, 0.1) is 44.2 Å². The van der Waals surface area contributed by atoms with Crippen molar-refractivity contribution in [3.8, 4) is 23.1 Å². The molecule has 3 fully saturated rings. The number of ether oxygens (including phenoxy) is 3. The number of anilines is 1. The van der Waals surface area contributed by atoms with Crippen molar-refractivity contribution >= 4 is 11.9 Å². The van der Waals surface area contributed by atoms with Gasteiger partial charge < -0.3 is 39.8 Å². The molecule has 5 heterocycles. The molecular formula is C33H40FN7O5. The predicted molar refractivity (Wildman–Crippen MR) is 167 cm³/mol. The summed E-state index contributed by atoms with van der Waals surface area (Å²) in [5.41, 5.74) is 2.72. The van der Waals surface area contributed by atoms with Gasteiger partial charge in [-0.05, 0) is 69.1 Å². The number of hydrogen-bond donors (Lipinski definition) is 3. The Morgan fingerprint density at radius 3 is 2.74 bits per heavy atom. The first kappa shape index (κ1) is 31.7. The molecule has 0 spiro atoms. The number of alkyl halides is 1. The maximum atomic E-state index is 15.0. The third-order valence-electron chi connectivity index (χ3n) is 8.98. The van der Waals surface area contributed by atoms with E-state index < -0.39 is 24.3 Å². The lowest BCUT2D eigenvalue weighted by Crippen LogP contribution is -2.56. The molecule has 1 aromatic carbocycles. The van der Waals surface area contributed by atoms with Gasteiger partial charge in [0.1, 0.15) is 30.2 Å². The van der Waals surface area contributed by atoms with Crippen LogP contribution >= 0.6 is 0 Å². The molecule has 0 radical (unpaired) electrons. The lowest BCUT2D eigenvalue weighted by atomic mass is 9.88. The van der Waals surface area contributed by atoms with E-state index in [0.29, 0.717) is 36.3 Å². The van der Waals surface area contributed by atoms with Crippen LogP contribution in [0.3, 0.4) is 0 Å². The molecule has 3 saturated heterocycles. The average Bonchev–Trinajstić information content (AvgIpc) is 3.05. The lowest BCUT2D eigenvalue weighted by Gasteiger charge is -2.46. The number of carbonyl (C=O) groups is 1. The number of piperidine rings is 2. The van der Waals surface area contributed by atoms with E-state index in [2.05, 4.69) is 38.7 Å². The summed E-state index contributed by atoms with van der Waals surface area (Å²) in [7, 11) is 1.71. The number of carbonyl (C=O) groups excluding carboxylic acids is 1. The molecule has 1 amide bonds. The molecule has 0 aliphatic carbocycles. The van der Waals surface area contributed by atoms with E-state index in [1.54, 1.807) is 37.6 Å². The molecule has 0 bridgehead atoms. The van der Waals surface area contributed by atoms with E-state index in [-0.39, 0.29) is 43.0 Å². The van der Waals surface area contributed by atoms with Crippen molar-refractivity contribution in [3.05, 3.63) is 59.6 Å². The first-order valence-electron chi connectivity index (χ1n) is 15.8. The summed E-state index contributed by atoms with van der Waals surface area (Å²) < 4.78 is 32.5. The lowest BCUT2D eigenvalue weighted by molar-refractivity contribution is -0.143. The molecule has 0 saturated carbocycles.